The molecule has 0 atom stereocenters. The van der Waals surface area contributed by atoms with Crippen molar-refractivity contribution >= 4 is 11.5 Å². The molecule has 0 spiro atoms. The Labute approximate surface area is 96.2 Å². The highest BCUT2D eigenvalue weighted by atomic mass is 16.5. The van der Waals surface area contributed by atoms with Crippen LogP contribution in [0.3, 0.4) is 0 Å². The molecule has 16 heavy (non-hydrogen) atoms. The molecule has 1 aromatic rings. The first-order valence-corrected chi connectivity index (χ1v) is 5.59. The van der Waals surface area contributed by atoms with Crippen LogP contribution < -0.4 is 10.6 Å². The fourth-order valence-corrected chi connectivity index (χ4v) is 2.23. The Morgan fingerprint density at radius 2 is 2.12 bits per heavy atom. The number of aromatic nitrogens is 2. The van der Waals surface area contributed by atoms with Gasteiger partial charge in [-0.15, -0.1) is 0 Å². The molecular formula is C11H20N4O. The predicted molar refractivity (Wildman–Crippen MR) is 64.6 cm³/mol. The van der Waals surface area contributed by atoms with E-state index in [-0.39, 0.29) is 5.60 Å². The van der Waals surface area contributed by atoms with Gasteiger partial charge in [-0.05, 0) is 20.8 Å². The van der Waals surface area contributed by atoms with Gasteiger partial charge in [-0.1, -0.05) is 0 Å². The van der Waals surface area contributed by atoms with Crippen molar-refractivity contribution in [2.24, 2.45) is 7.05 Å². The van der Waals surface area contributed by atoms with Crippen LogP contribution in [0.1, 0.15) is 19.5 Å². The lowest BCUT2D eigenvalue weighted by Gasteiger charge is -2.39. The van der Waals surface area contributed by atoms with Crippen LogP contribution in [0.5, 0.6) is 0 Å². The van der Waals surface area contributed by atoms with Gasteiger partial charge in [0.2, 0.25) is 0 Å². The fourth-order valence-electron chi connectivity index (χ4n) is 2.23. The van der Waals surface area contributed by atoms with Gasteiger partial charge in [0.05, 0.1) is 23.6 Å². The molecule has 0 aliphatic carbocycles. The number of aryl methyl sites for hydroxylation is 2. The van der Waals surface area contributed by atoms with Gasteiger partial charge in [0.1, 0.15) is 0 Å². The molecule has 0 unspecified atom stereocenters. The molecule has 0 saturated carbocycles. The van der Waals surface area contributed by atoms with Gasteiger partial charge in [-0.25, -0.2) is 0 Å². The number of hydrogen-bond acceptors (Lipinski definition) is 4. The molecule has 0 bridgehead atoms. The molecule has 5 heteroatoms. The molecule has 1 aliphatic rings. The van der Waals surface area contributed by atoms with Crippen molar-refractivity contribution in [2.45, 2.75) is 26.4 Å². The van der Waals surface area contributed by atoms with E-state index < -0.39 is 0 Å². The fraction of sp³-hybridized carbons (Fsp3) is 0.727. The first-order valence-electron chi connectivity index (χ1n) is 5.59. The topological polar surface area (TPSA) is 56.3 Å². The molecule has 2 rings (SSSR count). The van der Waals surface area contributed by atoms with Crippen LogP contribution in [-0.2, 0) is 11.8 Å². The Morgan fingerprint density at radius 1 is 1.44 bits per heavy atom. The number of nitrogens with zero attached hydrogens (tertiary/aromatic N) is 3. The maximum atomic E-state index is 6.06. The quantitative estimate of drug-likeness (QED) is 0.771. The van der Waals surface area contributed by atoms with Gasteiger partial charge in [-0.3, -0.25) is 4.68 Å². The van der Waals surface area contributed by atoms with Crippen molar-refractivity contribution in [3.05, 3.63) is 5.69 Å². The van der Waals surface area contributed by atoms with Gasteiger partial charge in [-0.2, -0.15) is 5.10 Å². The maximum Gasteiger partial charge on any atom is 0.150 e. The largest absolute Gasteiger partial charge is 0.394 e. The highest BCUT2D eigenvalue weighted by Crippen LogP contribution is 2.29. The number of morpholine rings is 1. The Hall–Kier alpha value is -1.23. The average molecular weight is 224 g/mol. The van der Waals surface area contributed by atoms with Crippen molar-refractivity contribution in [2.75, 3.05) is 30.3 Å². The highest BCUT2D eigenvalue weighted by molar-refractivity contribution is 5.66. The second-order valence-electron chi connectivity index (χ2n) is 4.98. The minimum absolute atomic E-state index is 0.122. The van der Waals surface area contributed by atoms with E-state index in [1.165, 1.54) is 0 Å². The Kier molecular flexibility index (Phi) is 2.58. The third-order valence-corrected chi connectivity index (χ3v) is 2.96. The summed E-state index contributed by atoms with van der Waals surface area (Å²) < 4.78 is 7.54. The van der Waals surface area contributed by atoms with Crippen molar-refractivity contribution in [3.63, 3.8) is 0 Å². The van der Waals surface area contributed by atoms with E-state index in [4.69, 9.17) is 10.5 Å². The van der Waals surface area contributed by atoms with E-state index in [9.17, 15) is 0 Å². The molecule has 90 valence electrons. The second kappa shape index (κ2) is 3.66. The summed E-state index contributed by atoms with van der Waals surface area (Å²) in [5.74, 6) is 1.01. The zero-order valence-electron chi connectivity index (χ0n) is 10.4. The lowest BCUT2D eigenvalue weighted by molar-refractivity contribution is -0.0280. The maximum absolute atomic E-state index is 6.06. The van der Waals surface area contributed by atoms with Gasteiger partial charge in [0.25, 0.3) is 0 Å². The third kappa shape index (κ3) is 1.87. The van der Waals surface area contributed by atoms with E-state index >= 15 is 0 Å². The summed E-state index contributed by atoms with van der Waals surface area (Å²) in [7, 11) is 1.93. The van der Waals surface area contributed by atoms with Crippen molar-refractivity contribution in [1.29, 1.82) is 0 Å². The van der Waals surface area contributed by atoms with Gasteiger partial charge in [0, 0.05) is 20.1 Å². The minimum atomic E-state index is -0.122. The van der Waals surface area contributed by atoms with Gasteiger partial charge >= 0.3 is 0 Å². The first kappa shape index (κ1) is 11.3. The Morgan fingerprint density at radius 3 is 2.62 bits per heavy atom. The van der Waals surface area contributed by atoms with E-state index in [1.807, 2.05) is 18.7 Å². The van der Waals surface area contributed by atoms with Crippen LogP contribution in [0.15, 0.2) is 0 Å². The monoisotopic (exact) mass is 224 g/mol. The van der Waals surface area contributed by atoms with Crippen LogP contribution in [0.2, 0.25) is 0 Å². The number of nitrogens with two attached hydrogens (primary N) is 1. The van der Waals surface area contributed by atoms with Crippen LogP contribution in [0.25, 0.3) is 0 Å². The molecule has 1 aliphatic heterocycles. The van der Waals surface area contributed by atoms with Crippen LogP contribution in [0.4, 0.5) is 11.5 Å². The molecule has 2 N–H and O–H groups in total. The van der Waals surface area contributed by atoms with E-state index in [0.29, 0.717) is 0 Å². The summed E-state index contributed by atoms with van der Waals surface area (Å²) >= 11 is 0. The Balaban J connectivity index is 2.30. The molecule has 1 aromatic heterocycles. The molecule has 5 nitrogen and oxygen atoms in total. The van der Waals surface area contributed by atoms with E-state index in [1.54, 1.807) is 0 Å². The summed E-state index contributed by atoms with van der Waals surface area (Å²) in [5.41, 5.74) is 7.60. The number of nitrogen functional groups attached to an aromatic ring is 1. The molecule has 1 fully saturated rings. The van der Waals surface area contributed by atoms with Crippen LogP contribution in [0, 0.1) is 6.92 Å². The summed E-state index contributed by atoms with van der Waals surface area (Å²) in [6.07, 6.45) is 0. The number of rotatable bonds is 1. The van der Waals surface area contributed by atoms with Gasteiger partial charge in [0.15, 0.2) is 5.82 Å². The molecule has 0 aromatic carbocycles. The SMILES string of the molecule is Cc1nn(C)c(N2CCOC(C)(C)C2)c1N. The molecule has 0 radical (unpaired) electrons. The lowest BCUT2D eigenvalue weighted by Crippen LogP contribution is -2.49. The summed E-state index contributed by atoms with van der Waals surface area (Å²) in [6, 6.07) is 0. The average Bonchev–Trinajstić information content (AvgIpc) is 2.39. The van der Waals surface area contributed by atoms with Crippen LogP contribution >= 0.6 is 0 Å². The minimum Gasteiger partial charge on any atom is -0.394 e. The summed E-state index contributed by atoms with van der Waals surface area (Å²) in [5, 5.41) is 4.34. The van der Waals surface area contributed by atoms with Crippen molar-refractivity contribution < 1.29 is 4.74 Å². The zero-order chi connectivity index (χ0) is 11.9. The standard InChI is InChI=1S/C11H20N4O/c1-8-9(12)10(14(4)13-8)15-5-6-16-11(2,3)7-15/h5-7,12H2,1-4H3. The normalized spacial score (nSPS) is 20.1. The molecule has 0 amide bonds. The second-order valence-corrected chi connectivity index (χ2v) is 4.98. The number of hydrogen-bond donors (Lipinski definition) is 1. The predicted octanol–water partition coefficient (Wildman–Crippen LogP) is 0.926. The summed E-state index contributed by atoms with van der Waals surface area (Å²) in [6.45, 7) is 8.57. The van der Waals surface area contributed by atoms with E-state index in [0.717, 1.165) is 36.9 Å². The number of anilines is 2. The smallest absolute Gasteiger partial charge is 0.150 e. The van der Waals surface area contributed by atoms with Crippen molar-refractivity contribution in [1.82, 2.24) is 9.78 Å². The highest BCUT2D eigenvalue weighted by Gasteiger charge is 2.30. The third-order valence-electron chi connectivity index (χ3n) is 2.96. The first-order chi connectivity index (χ1) is 7.41. The molecular weight excluding hydrogens is 204 g/mol. The lowest BCUT2D eigenvalue weighted by atomic mass is 10.1. The van der Waals surface area contributed by atoms with E-state index in [2.05, 4.69) is 23.8 Å². The summed E-state index contributed by atoms with van der Waals surface area (Å²) in [4.78, 5) is 2.25. The van der Waals surface area contributed by atoms with Crippen molar-refractivity contribution in [3.8, 4) is 0 Å². The molecule has 1 saturated heterocycles. The number of ether oxygens (including phenoxy) is 1. The molecule has 2 heterocycles. The van der Waals surface area contributed by atoms with Crippen LogP contribution in [-0.4, -0.2) is 35.1 Å². The zero-order valence-corrected chi connectivity index (χ0v) is 10.4. The Bertz CT molecular complexity index is 397. The van der Waals surface area contributed by atoms with Gasteiger partial charge < -0.3 is 15.4 Å².